The van der Waals surface area contributed by atoms with Crippen molar-refractivity contribution in [2.75, 3.05) is 11.4 Å². The fourth-order valence-electron chi connectivity index (χ4n) is 2.69. The Bertz CT molecular complexity index is 529. The molecule has 0 heterocycles. The van der Waals surface area contributed by atoms with Gasteiger partial charge in [-0.05, 0) is 25.0 Å². The molecule has 0 saturated heterocycles. The number of benzene rings is 1. The first-order chi connectivity index (χ1) is 9.50. The van der Waals surface area contributed by atoms with Crippen molar-refractivity contribution in [3.63, 3.8) is 0 Å². The minimum Gasteiger partial charge on any atom is -0.480 e. The van der Waals surface area contributed by atoms with E-state index in [4.69, 9.17) is 16.7 Å². The summed E-state index contributed by atoms with van der Waals surface area (Å²) >= 11 is 5.90. The number of aliphatic carboxylic acids is 1. The van der Waals surface area contributed by atoms with Gasteiger partial charge in [0.2, 0.25) is 0 Å². The summed E-state index contributed by atoms with van der Waals surface area (Å²) in [7, 11) is 0. The second kappa shape index (κ2) is 6.09. The van der Waals surface area contributed by atoms with Gasteiger partial charge >= 0.3 is 11.7 Å². The summed E-state index contributed by atoms with van der Waals surface area (Å²) in [6, 6.07) is 4.62. The van der Waals surface area contributed by atoms with Crippen LogP contribution in [0, 0.1) is 10.1 Å². The zero-order valence-electron chi connectivity index (χ0n) is 10.8. The molecule has 0 atom stereocenters. The first-order valence-electron chi connectivity index (χ1n) is 6.42. The molecule has 0 bridgehead atoms. The molecule has 0 aromatic heterocycles. The third kappa shape index (κ3) is 3.01. The lowest BCUT2D eigenvalue weighted by molar-refractivity contribution is -0.384. The summed E-state index contributed by atoms with van der Waals surface area (Å²) < 4.78 is 0. The number of para-hydroxylation sites is 1. The van der Waals surface area contributed by atoms with E-state index in [0.29, 0.717) is 0 Å². The average molecular weight is 299 g/mol. The van der Waals surface area contributed by atoms with E-state index >= 15 is 0 Å². The number of carboxylic acids is 1. The molecule has 0 aliphatic heterocycles. The third-order valence-electron chi connectivity index (χ3n) is 3.53. The molecule has 6 nitrogen and oxygen atoms in total. The summed E-state index contributed by atoms with van der Waals surface area (Å²) in [5, 5.41) is 20.3. The second-order valence-electron chi connectivity index (χ2n) is 4.82. The highest BCUT2D eigenvalue weighted by molar-refractivity contribution is 6.33. The number of nitrogens with zero attached hydrogens (tertiary/aromatic N) is 2. The Labute approximate surface area is 121 Å². The van der Waals surface area contributed by atoms with Crippen molar-refractivity contribution < 1.29 is 14.8 Å². The number of carbonyl (C=O) groups is 1. The van der Waals surface area contributed by atoms with Crippen LogP contribution in [-0.2, 0) is 4.79 Å². The summed E-state index contributed by atoms with van der Waals surface area (Å²) in [6.07, 6.45) is 3.71. The van der Waals surface area contributed by atoms with Crippen LogP contribution >= 0.6 is 11.6 Å². The van der Waals surface area contributed by atoms with E-state index in [1.54, 1.807) is 17.0 Å². The van der Waals surface area contributed by atoms with Crippen molar-refractivity contribution in [2.24, 2.45) is 0 Å². The lowest BCUT2D eigenvalue weighted by atomic mass is 10.1. The molecule has 20 heavy (non-hydrogen) atoms. The van der Waals surface area contributed by atoms with Gasteiger partial charge in [-0.1, -0.05) is 30.5 Å². The largest absolute Gasteiger partial charge is 0.480 e. The Morgan fingerprint density at radius 2 is 2.10 bits per heavy atom. The fourth-order valence-corrected chi connectivity index (χ4v) is 2.93. The van der Waals surface area contributed by atoms with Crippen LogP contribution in [0.25, 0.3) is 0 Å². The van der Waals surface area contributed by atoms with Gasteiger partial charge in [0.05, 0.1) is 4.92 Å². The molecule has 1 aliphatic carbocycles. The first-order valence-corrected chi connectivity index (χ1v) is 6.80. The van der Waals surface area contributed by atoms with E-state index in [9.17, 15) is 14.9 Å². The second-order valence-corrected chi connectivity index (χ2v) is 5.23. The van der Waals surface area contributed by atoms with Crippen LogP contribution in [0.15, 0.2) is 18.2 Å². The van der Waals surface area contributed by atoms with Crippen molar-refractivity contribution >= 4 is 28.9 Å². The van der Waals surface area contributed by atoms with Gasteiger partial charge in [0, 0.05) is 6.04 Å². The van der Waals surface area contributed by atoms with Crippen LogP contribution in [0.5, 0.6) is 0 Å². The molecular weight excluding hydrogens is 284 g/mol. The predicted octanol–water partition coefficient (Wildman–Crippen LogP) is 3.08. The predicted molar refractivity (Wildman–Crippen MR) is 75.3 cm³/mol. The lowest BCUT2D eigenvalue weighted by Crippen LogP contribution is -2.38. The Balaban J connectivity index is 2.44. The van der Waals surface area contributed by atoms with E-state index in [0.717, 1.165) is 25.7 Å². The number of anilines is 1. The van der Waals surface area contributed by atoms with Gasteiger partial charge < -0.3 is 10.0 Å². The van der Waals surface area contributed by atoms with Crippen molar-refractivity contribution in [1.29, 1.82) is 0 Å². The number of carboxylic acid groups (broad SMARTS) is 1. The van der Waals surface area contributed by atoms with Gasteiger partial charge in [-0.2, -0.15) is 0 Å². The van der Waals surface area contributed by atoms with Crippen molar-refractivity contribution in [3.05, 3.63) is 33.3 Å². The molecule has 0 spiro atoms. The molecule has 0 radical (unpaired) electrons. The van der Waals surface area contributed by atoms with Crippen LogP contribution in [-0.4, -0.2) is 28.6 Å². The highest BCUT2D eigenvalue weighted by atomic mass is 35.5. The molecule has 2 rings (SSSR count). The maximum atomic E-state index is 11.2. The van der Waals surface area contributed by atoms with E-state index in [1.165, 1.54) is 6.07 Å². The maximum absolute atomic E-state index is 11.2. The summed E-state index contributed by atoms with van der Waals surface area (Å²) in [6.45, 7) is -0.258. The fraction of sp³-hybridized carbons (Fsp3) is 0.462. The number of hydrogen-bond donors (Lipinski definition) is 1. The van der Waals surface area contributed by atoms with Gasteiger partial charge in [-0.3, -0.25) is 14.9 Å². The maximum Gasteiger partial charge on any atom is 0.323 e. The molecule has 1 N–H and O–H groups in total. The van der Waals surface area contributed by atoms with Gasteiger partial charge in [0.15, 0.2) is 0 Å². The van der Waals surface area contributed by atoms with Gasteiger partial charge in [0.25, 0.3) is 0 Å². The van der Waals surface area contributed by atoms with E-state index in [-0.39, 0.29) is 29.0 Å². The Kier molecular flexibility index (Phi) is 4.44. The molecule has 1 aromatic carbocycles. The number of nitro groups is 1. The smallest absolute Gasteiger partial charge is 0.323 e. The van der Waals surface area contributed by atoms with Crippen LogP contribution in [0.1, 0.15) is 25.7 Å². The Morgan fingerprint density at radius 1 is 1.45 bits per heavy atom. The minimum absolute atomic E-state index is 0.0169. The number of nitro benzene ring substituents is 1. The molecule has 1 fully saturated rings. The SMILES string of the molecule is O=C(O)CN(c1cccc(Cl)c1[N+](=O)[O-])C1CCCC1. The van der Waals surface area contributed by atoms with Crippen LogP contribution < -0.4 is 4.90 Å². The quantitative estimate of drug-likeness (QED) is 0.667. The molecule has 1 saturated carbocycles. The van der Waals surface area contributed by atoms with Crippen LogP contribution in [0.3, 0.4) is 0 Å². The zero-order valence-corrected chi connectivity index (χ0v) is 11.5. The summed E-state index contributed by atoms with van der Waals surface area (Å²) in [5.74, 6) is -1.01. The number of hydrogen-bond acceptors (Lipinski definition) is 4. The Morgan fingerprint density at radius 3 is 2.65 bits per heavy atom. The van der Waals surface area contributed by atoms with Crippen molar-refractivity contribution in [2.45, 2.75) is 31.7 Å². The minimum atomic E-state index is -1.01. The van der Waals surface area contributed by atoms with E-state index < -0.39 is 10.9 Å². The molecule has 0 amide bonds. The average Bonchev–Trinajstić information content (AvgIpc) is 2.88. The summed E-state index contributed by atoms with van der Waals surface area (Å²) in [5.41, 5.74) is 0.0686. The summed E-state index contributed by atoms with van der Waals surface area (Å²) in [4.78, 5) is 23.3. The molecule has 1 aliphatic rings. The first kappa shape index (κ1) is 14.6. The number of rotatable bonds is 5. The molecular formula is C13H15ClN2O4. The third-order valence-corrected chi connectivity index (χ3v) is 3.83. The zero-order chi connectivity index (χ0) is 14.7. The molecule has 1 aromatic rings. The normalized spacial score (nSPS) is 15.2. The molecule has 108 valence electrons. The molecule has 7 heteroatoms. The standard InChI is InChI=1S/C13H15ClN2O4/c14-10-6-3-7-11(13(10)16(19)20)15(8-12(17)18)9-4-1-2-5-9/h3,6-7,9H,1-2,4-5,8H2,(H,17,18). The lowest BCUT2D eigenvalue weighted by Gasteiger charge is -2.29. The Hall–Kier alpha value is -1.82. The van der Waals surface area contributed by atoms with Crippen molar-refractivity contribution in [3.8, 4) is 0 Å². The van der Waals surface area contributed by atoms with Crippen LogP contribution in [0.4, 0.5) is 11.4 Å². The number of halogens is 1. The van der Waals surface area contributed by atoms with Crippen LogP contribution in [0.2, 0.25) is 5.02 Å². The van der Waals surface area contributed by atoms with Gasteiger partial charge in [-0.15, -0.1) is 0 Å². The highest BCUT2D eigenvalue weighted by Gasteiger charge is 2.30. The van der Waals surface area contributed by atoms with E-state index in [1.807, 2.05) is 0 Å². The molecule has 0 unspecified atom stereocenters. The van der Waals surface area contributed by atoms with Gasteiger partial charge in [0.1, 0.15) is 17.3 Å². The monoisotopic (exact) mass is 298 g/mol. The van der Waals surface area contributed by atoms with Crippen molar-refractivity contribution in [1.82, 2.24) is 0 Å². The highest BCUT2D eigenvalue weighted by Crippen LogP contribution is 2.38. The topological polar surface area (TPSA) is 83.7 Å². The van der Waals surface area contributed by atoms with Gasteiger partial charge in [-0.25, -0.2) is 0 Å². The van der Waals surface area contributed by atoms with E-state index in [2.05, 4.69) is 0 Å².